The minimum absolute atomic E-state index is 0.0342. The second-order valence-electron chi connectivity index (χ2n) is 8.37. The summed E-state index contributed by atoms with van der Waals surface area (Å²) in [6, 6.07) is -3.15. The van der Waals surface area contributed by atoms with E-state index in [1.165, 1.54) is 13.8 Å². The van der Waals surface area contributed by atoms with Crippen molar-refractivity contribution < 1.29 is 38.3 Å². The average Bonchev–Trinajstić information content (AvgIpc) is 3.13. The largest absolute Gasteiger partial charge is 0.464 e. The molecule has 0 aromatic carbocycles. The van der Waals surface area contributed by atoms with E-state index in [1.54, 1.807) is 0 Å². The van der Waals surface area contributed by atoms with E-state index in [2.05, 4.69) is 16.0 Å². The summed E-state index contributed by atoms with van der Waals surface area (Å²) in [5.41, 5.74) is 5.16. The van der Waals surface area contributed by atoms with Crippen LogP contribution in [0.4, 0.5) is 0 Å². The molecule has 5 N–H and O–H groups in total. The van der Waals surface area contributed by atoms with Crippen LogP contribution in [0.1, 0.15) is 59.3 Å². The Balaban J connectivity index is 2.60. The maximum atomic E-state index is 12.7. The fraction of sp³-hybridized carbons (Fsp3) is 0.609. The monoisotopic (exact) mass is 509 g/mol. The first-order valence-corrected chi connectivity index (χ1v) is 11.8. The average molecular weight is 510 g/mol. The lowest BCUT2D eigenvalue weighted by Gasteiger charge is -2.22. The SMILES string of the molecule is CCCCOC(=O)[C@H](C)NC(=O)[C@H](C)NC(=O)[C@H](CCC(N)=O)NC(=O)CCCN1C(=O)C=CC1=O. The minimum atomic E-state index is -1.16. The Morgan fingerprint density at radius 3 is 2.11 bits per heavy atom. The molecule has 13 nitrogen and oxygen atoms in total. The summed E-state index contributed by atoms with van der Waals surface area (Å²) >= 11 is 0. The fourth-order valence-electron chi connectivity index (χ4n) is 3.09. The van der Waals surface area contributed by atoms with Gasteiger partial charge in [0.25, 0.3) is 11.8 Å². The normalized spacial score (nSPS) is 15.1. The summed E-state index contributed by atoms with van der Waals surface area (Å²) in [7, 11) is 0. The predicted molar refractivity (Wildman–Crippen MR) is 127 cm³/mol. The van der Waals surface area contributed by atoms with E-state index in [9.17, 15) is 33.6 Å². The Morgan fingerprint density at radius 2 is 1.53 bits per heavy atom. The van der Waals surface area contributed by atoms with Gasteiger partial charge in [-0.15, -0.1) is 0 Å². The quantitative estimate of drug-likeness (QED) is 0.113. The summed E-state index contributed by atoms with van der Waals surface area (Å²) < 4.78 is 5.04. The van der Waals surface area contributed by atoms with Gasteiger partial charge in [-0.2, -0.15) is 0 Å². The highest BCUT2D eigenvalue weighted by molar-refractivity contribution is 6.12. The molecule has 0 spiro atoms. The van der Waals surface area contributed by atoms with Gasteiger partial charge in [0, 0.05) is 31.5 Å². The second-order valence-corrected chi connectivity index (χ2v) is 8.37. The number of esters is 1. The smallest absolute Gasteiger partial charge is 0.328 e. The number of unbranched alkanes of at least 4 members (excludes halogenated alkanes) is 1. The number of hydrogen-bond acceptors (Lipinski definition) is 8. The first-order chi connectivity index (χ1) is 17.0. The maximum Gasteiger partial charge on any atom is 0.328 e. The van der Waals surface area contributed by atoms with Crippen molar-refractivity contribution >= 4 is 41.4 Å². The van der Waals surface area contributed by atoms with Crippen LogP contribution in [0.5, 0.6) is 0 Å². The molecule has 0 unspecified atom stereocenters. The van der Waals surface area contributed by atoms with Gasteiger partial charge < -0.3 is 26.4 Å². The van der Waals surface area contributed by atoms with Gasteiger partial charge in [0.2, 0.25) is 23.6 Å². The van der Waals surface area contributed by atoms with E-state index in [-0.39, 0.29) is 38.8 Å². The molecule has 0 radical (unpaired) electrons. The number of carbonyl (C=O) groups is 7. The molecule has 200 valence electrons. The van der Waals surface area contributed by atoms with Gasteiger partial charge in [-0.1, -0.05) is 13.3 Å². The Bertz CT molecular complexity index is 870. The summed E-state index contributed by atoms with van der Waals surface area (Å²) in [5.74, 6) is -4.12. The van der Waals surface area contributed by atoms with E-state index < -0.39 is 59.5 Å². The molecule has 1 heterocycles. The van der Waals surface area contributed by atoms with Crippen molar-refractivity contribution in [2.45, 2.75) is 77.4 Å². The number of ether oxygens (including phenoxy) is 1. The molecule has 1 aliphatic rings. The van der Waals surface area contributed by atoms with Gasteiger partial charge >= 0.3 is 5.97 Å². The van der Waals surface area contributed by atoms with Crippen LogP contribution < -0.4 is 21.7 Å². The zero-order valence-electron chi connectivity index (χ0n) is 20.8. The lowest BCUT2D eigenvalue weighted by atomic mass is 10.1. The highest BCUT2D eigenvalue weighted by Crippen LogP contribution is 2.06. The standard InChI is InChI=1S/C23H35N5O8/c1-4-5-13-36-23(35)15(3)26-21(33)14(2)25-22(34)16(8-9-17(24)29)27-18(30)7-6-12-28-19(31)10-11-20(28)32/h10-11,14-16H,4-9,12-13H2,1-3H3,(H2,24,29)(H,25,34)(H,26,33)(H,27,30)/t14-,15-,16-/m0/s1. The maximum absolute atomic E-state index is 12.7. The highest BCUT2D eigenvalue weighted by Gasteiger charge is 2.27. The van der Waals surface area contributed by atoms with E-state index in [1.807, 2.05) is 6.92 Å². The first kappa shape index (κ1) is 30.3. The topological polar surface area (TPSA) is 194 Å². The van der Waals surface area contributed by atoms with Gasteiger partial charge in [-0.3, -0.25) is 33.7 Å². The Kier molecular flexibility index (Phi) is 12.8. The van der Waals surface area contributed by atoms with E-state index in [0.29, 0.717) is 6.42 Å². The first-order valence-electron chi connectivity index (χ1n) is 11.8. The van der Waals surface area contributed by atoms with E-state index >= 15 is 0 Å². The molecule has 0 fully saturated rings. The van der Waals surface area contributed by atoms with Crippen molar-refractivity contribution in [3.63, 3.8) is 0 Å². The van der Waals surface area contributed by atoms with Crippen molar-refractivity contribution in [3.8, 4) is 0 Å². The molecule has 1 rings (SSSR count). The molecule has 0 aliphatic carbocycles. The second kappa shape index (κ2) is 15.3. The molecule has 6 amide bonds. The molecule has 36 heavy (non-hydrogen) atoms. The molecular weight excluding hydrogens is 474 g/mol. The van der Waals surface area contributed by atoms with Crippen LogP contribution in [0.25, 0.3) is 0 Å². The number of nitrogens with zero attached hydrogens (tertiary/aromatic N) is 1. The third-order valence-corrected chi connectivity index (χ3v) is 5.22. The summed E-state index contributed by atoms with van der Waals surface area (Å²) in [4.78, 5) is 84.7. The number of nitrogens with one attached hydrogen (secondary N) is 3. The summed E-state index contributed by atoms with van der Waals surface area (Å²) in [6.07, 6.45) is 3.60. The molecule has 0 saturated carbocycles. The lowest BCUT2D eigenvalue weighted by molar-refractivity contribution is -0.147. The van der Waals surface area contributed by atoms with E-state index in [0.717, 1.165) is 23.5 Å². The van der Waals surface area contributed by atoms with Crippen LogP contribution in [0, 0.1) is 0 Å². The predicted octanol–water partition coefficient (Wildman–Crippen LogP) is -1.21. The Hall–Kier alpha value is -3.77. The molecule has 3 atom stereocenters. The number of amides is 6. The van der Waals surface area contributed by atoms with Gasteiger partial charge in [-0.05, 0) is 33.1 Å². The van der Waals surface area contributed by atoms with Crippen molar-refractivity contribution in [2.75, 3.05) is 13.2 Å². The zero-order valence-corrected chi connectivity index (χ0v) is 20.8. The van der Waals surface area contributed by atoms with Crippen molar-refractivity contribution in [3.05, 3.63) is 12.2 Å². The summed E-state index contributed by atoms with van der Waals surface area (Å²) in [6.45, 7) is 5.07. The van der Waals surface area contributed by atoms with Gasteiger partial charge in [0.05, 0.1) is 6.61 Å². The number of nitrogens with two attached hydrogens (primary N) is 1. The Morgan fingerprint density at radius 1 is 0.917 bits per heavy atom. The molecule has 13 heteroatoms. The summed E-state index contributed by atoms with van der Waals surface area (Å²) in [5, 5.41) is 7.37. The number of primary amides is 1. The Labute approximate surface area is 209 Å². The van der Waals surface area contributed by atoms with Crippen molar-refractivity contribution in [1.29, 1.82) is 0 Å². The molecule has 1 aliphatic heterocycles. The van der Waals surface area contributed by atoms with Crippen molar-refractivity contribution in [2.24, 2.45) is 5.73 Å². The fourth-order valence-corrected chi connectivity index (χ4v) is 3.09. The van der Waals surface area contributed by atoms with Crippen LogP contribution >= 0.6 is 0 Å². The van der Waals surface area contributed by atoms with Gasteiger partial charge in [-0.25, -0.2) is 4.79 Å². The molecule has 0 bridgehead atoms. The van der Waals surface area contributed by atoms with Gasteiger partial charge in [0.1, 0.15) is 18.1 Å². The minimum Gasteiger partial charge on any atom is -0.464 e. The number of imide groups is 1. The zero-order chi connectivity index (χ0) is 27.3. The third-order valence-electron chi connectivity index (χ3n) is 5.22. The molecule has 0 aromatic heterocycles. The number of rotatable bonds is 16. The molecule has 0 aromatic rings. The van der Waals surface area contributed by atoms with E-state index in [4.69, 9.17) is 10.5 Å². The molecular formula is C23H35N5O8. The molecule has 0 saturated heterocycles. The van der Waals surface area contributed by atoms with Crippen LogP contribution in [0.15, 0.2) is 12.2 Å². The third kappa shape index (κ3) is 10.7. The number of hydrogen-bond donors (Lipinski definition) is 4. The van der Waals surface area contributed by atoms with Crippen LogP contribution in [0.3, 0.4) is 0 Å². The van der Waals surface area contributed by atoms with Crippen LogP contribution in [-0.4, -0.2) is 77.6 Å². The van der Waals surface area contributed by atoms with Crippen molar-refractivity contribution in [1.82, 2.24) is 20.9 Å². The lowest BCUT2D eigenvalue weighted by Crippen LogP contribution is -2.54. The van der Waals surface area contributed by atoms with Gasteiger partial charge in [0.15, 0.2) is 0 Å². The van der Waals surface area contributed by atoms with Crippen LogP contribution in [0.2, 0.25) is 0 Å². The van der Waals surface area contributed by atoms with Crippen LogP contribution in [-0.2, 0) is 38.3 Å². The highest BCUT2D eigenvalue weighted by atomic mass is 16.5. The number of carbonyl (C=O) groups excluding carboxylic acids is 7.